The molecule has 1 aliphatic carbocycles. The summed E-state index contributed by atoms with van der Waals surface area (Å²) in [5.74, 6) is 0.224. The standard InChI is InChI=1S/C20H15N5O/c1-11-13-7-3-2-6-12(13)10-16(18(11)26)22-20-23-19-17(24-25-20)14-8-4-5-9-15(14)21-19/h2-10,18,26H,1H3,(H,21,23,25). The number of aromatic amines is 1. The van der Waals surface area contributed by atoms with Crippen LogP contribution in [-0.2, 0) is 0 Å². The number of nitrogens with one attached hydrogen (secondary N) is 1. The molecule has 4 aromatic rings. The van der Waals surface area contributed by atoms with Crippen LogP contribution in [0.15, 0.2) is 53.5 Å². The summed E-state index contributed by atoms with van der Waals surface area (Å²) < 4.78 is 0. The molecule has 2 aromatic heterocycles. The third-order valence-corrected chi connectivity index (χ3v) is 4.72. The maximum atomic E-state index is 10.6. The van der Waals surface area contributed by atoms with Gasteiger partial charge in [0.05, 0.1) is 5.71 Å². The van der Waals surface area contributed by atoms with E-state index in [0.717, 1.165) is 26.9 Å². The summed E-state index contributed by atoms with van der Waals surface area (Å²) in [6, 6.07) is 15.8. The Morgan fingerprint density at radius 2 is 1.85 bits per heavy atom. The summed E-state index contributed by atoms with van der Waals surface area (Å²) in [6.07, 6.45) is 1.08. The van der Waals surface area contributed by atoms with Crippen molar-refractivity contribution in [1.82, 2.24) is 20.2 Å². The number of aliphatic hydroxyl groups is 1. The Kier molecular flexibility index (Phi) is 3.20. The molecule has 5 rings (SSSR count). The first kappa shape index (κ1) is 14.9. The highest BCUT2D eigenvalue weighted by Crippen LogP contribution is 2.22. The number of aliphatic imine (C=N–C) groups is 1. The number of aliphatic hydroxyl groups excluding tert-OH is 1. The second-order valence-corrected chi connectivity index (χ2v) is 6.33. The van der Waals surface area contributed by atoms with Gasteiger partial charge in [-0.3, -0.25) is 0 Å². The Bertz CT molecular complexity index is 1320. The molecule has 0 aliphatic heterocycles. The number of benzene rings is 2. The van der Waals surface area contributed by atoms with Crippen molar-refractivity contribution in [3.8, 4) is 0 Å². The molecule has 0 bridgehead atoms. The SMILES string of the molecule is CC1=c2ccccc2=CC(=Nc2nnc3c(n2)[nH]c2ccccc23)C1O. The Morgan fingerprint density at radius 3 is 2.77 bits per heavy atom. The molecule has 1 unspecified atom stereocenters. The molecule has 0 fully saturated rings. The van der Waals surface area contributed by atoms with Gasteiger partial charge in [0.1, 0.15) is 11.6 Å². The van der Waals surface area contributed by atoms with Crippen LogP contribution in [0.3, 0.4) is 0 Å². The van der Waals surface area contributed by atoms with E-state index >= 15 is 0 Å². The first-order chi connectivity index (χ1) is 12.7. The molecule has 2 aromatic carbocycles. The van der Waals surface area contributed by atoms with Gasteiger partial charge in [0.15, 0.2) is 5.65 Å². The van der Waals surface area contributed by atoms with Crippen molar-refractivity contribution >= 4 is 45.4 Å². The number of para-hydroxylation sites is 1. The van der Waals surface area contributed by atoms with Crippen LogP contribution in [0, 0.1) is 0 Å². The lowest BCUT2D eigenvalue weighted by molar-refractivity contribution is 0.296. The zero-order valence-corrected chi connectivity index (χ0v) is 14.0. The van der Waals surface area contributed by atoms with E-state index in [9.17, 15) is 5.11 Å². The molecule has 6 heteroatoms. The van der Waals surface area contributed by atoms with E-state index in [1.54, 1.807) is 0 Å². The van der Waals surface area contributed by atoms with Crippen LogP contribution in [0.4, 0.5) is 5.95 Å². The maximum absolute atomic E-state index is 10.6. The number of nitrogens with zero attached hydrogens (tertiary/aromatic N) is 4. The third kappa shape index (κ3) is 2.23. The van der Waals surface area contributed by atoms with Crippen molar-refractivity contribution in [2.45, 2.75) is 13.0 Å². The smallest absolute Gasteiger partial charge is 0.271 e. The monoisotopic (exact) mass is 341 g/mol. The minimum Gasteiger partial charge on any atom is -0.382 e. The molecule has 1 aliphatic rings. The summed E-state index contributed by atoms with van der Waals surface area (Å²) in [5, 5.41) is 22.0. The third-order valence-electron chi connectivity index (χ3n) is 4.72. The van der Waals surface area contributed by atoms with Crippen LogP contribution in [0.25, 0.3) is 33.7 Å². The van der Waals surface area contributed by atoms with Gasteiger partial charge in [-0.15, -0.1) is 10.2 Å². The van der Waals surface area contributed by atoms with E-state index in [2.05, 4.69) is 25.2 Å². The number of fused-ring (bicyclic) bond motifs is 4. The second kappa shape index (κ2) is 5.57. The molecule has 2 heterocycles. The van der Waals surface area contributed by atoms with Crippen molar-refractivity contribution in [3.05, 3.63) is 59.0 Å². The van der Waals surface area contributed by atoms with Crippen LogP contribution < -0.4 is 10.4 Å². The summed E-state index contributed by atoms with van der Waals surface area (Å²) in [5.41, 5.74) is 3.68. The van der Waals surface area contributed by atoms with E-state index < -0.39 is 6.10 Å². The first-order valence-electron chi connectivity index (χ1n) is 8.36. The molecule has 26 heavy (non-hydrogen) atoms. The van der Waals surface area contributed by atoms with Gasteiger partial charge in [-0.25, -0.2) is 4.99 Å². The molecule has 0 saturated carbocycles. The number of hydrogen-bond donors (Lipinski definition) is 2. The van der Waals surface area contributed by atoms with E-state index in [-0.39, 0.29) is 5.95 Å². The minimum absolute atomic E-state index is 0.224. The van der Waals surface area contributed by atoms with Crippen molar-refractivity contribution in [2.24, 2.45) is 4.99 Å². The molecule has 0 radical (unpaired) electrons. The number of aromatic nitrogens is 4. The molecule has 6 nitrogen and oxygen atoms in total. The van der Waals surface area contributed by atoms with E-state index in [1.807, 2.05) is 61.5 Å². The van der Waals surface area contributed by atoms with Crippen molar-refractivity contribution < 1.29 is 5.11 Å². The molecular weight excluding hydrogens is 326 g/mol. The summed E-state index contributed by atoms with van der Waals surface area (Å²) in [7, 11) is 0. The normalized spacial score (nSPS) is 18.3. The van der Waals surface area contributed by atoms with E-state index in [4.69, 9.17) is 0 Å². The predicted molar refractivity (Wildman–Crippen MR) is 102 cm³/mol. The van der Waals surface area contributed by atoms with Gasteiger partial charge >= 0.3 is 0 Å². The van der Waals surface area contributed by atoms with Gasteiger partial charge in [0.25, 0.3) is 5.95 Å². The predicted octanol–water partition coefficient (Wildman–Crippen LogP) is 1.60. The zero-order valence-electron chi connectivity index (χ0n) is 14.0. The maximum Gasteiger partial charge on any atom is 0.271 e. The summed E-state index contributed by atoms with van der Waals surface area (Å²) in [6.45, 7) is 1.91. The molecule has 126 valence electrons. The van der Waals surface area contributed by atoms with Crippen molar-refractivity contribution in [1.29, 1.82) is 0 Å². The van der Waals surface area contributed by atoms with Crippen molar-refractivity contribution in [3.63, 3.8) is 0 Å². The molecule has 0 amide bonds. The topological polar surface area (TPSA) is 87.0 Å². The number of H-pyrrole nitrogens is 1. The average molecular weight is 341 g/mol. The Hall–Kier alpha value is -3.38. The fourth-order valence-corrected chi connectivity index (χ4v) is 3.36. The lowest BCUT2D eigenvalue weighted by Crippen LogP contribution is -2.38. The number of rotatable bonds is 1. The highest BCUT2D eigenvalue weighted by Gasteiger charge is 2.18. The van der Waals surface area contributed by atoms with Crippen LogP contribution >= 0.6 is 0 Å². The number of hydrogen-bond acceptors (Lipinski definition) is 5. The summed E-state index contributed by atoms with van der Waals surface area (Å²) in [4.78, 5) is 12.1. The first-order valence-corrected chi connectivity index (χ1v) is 8.36. The second-order valence-electron chi connectivity index (χ2n) is 6.33. The highest BCUT2D eigenvalue weighted by atomic mass is 16.3. The van der Waals surface area contributed by atoms with Gasteiger partial charge in [-0.05, 0) is 35.1 Å². The fraction of sp³-hybridized carbons (Fsp3) is 0.100. The molecule has 2 N–H and O–H groups in total. The van der Waals surface area contributed by atoms with Gasteiger partial charge < -0.3 is 10.1 Å². The van der Waals surface area contributed by atoms with Gasteiger partial charge in [-0.2, -0.15) is 4.98 Å². The molecule has 1 atom stereocenters. The lowest BCUT2D eigenvalue weighted by atomic mass is 9.96. The zero-order chi connectivity index (χ0) is 17.7. The van der Waals surface area contributed by atoms with Gasteiger partial charge in [0.2, 0.25) is 0 Å². The quantitative estimate of drug-likeness (QED) is 0.551. The van der Waals surface area contributed by atoms with E-state index in [1.165, 1.54) is 0 Å². The largest absolute Gasteiger partial charge is 0.382 e. The summed E-state index contributed by atoms with van der Waals surface area (Å²) >= 11 is 0. The average Bonchev–Trinajstić information content (AvgIpc) is 3.03. The Balaban J connectivity index is 1.66. The van der Waals surface area contributed by atoms with E-state index in [0.29, 0.717) is 16.9 Å². The highest BCUT2D eigenvalue weighted by molar-refractivity contribution is 6.18. The van der Waals surface area contributed by atoms with Crippen molar-refractivity contribution in [2.75, 3.05) is 0 Å². The van der Waals surface area contributed by atoms with Crippen LogP contribution in [0.2, 0.25) is 0 Å². The molecule has 0 spiro atoms. The van der Waals surface area contributed by atoms with Crippen LogP contribution in [0.1, 0.15) is 6.92 Å². The molecule has 0 saturated heterocycles. The van der Waals surface area contributed by atoms with Crippen LogP contribution in [0.5, 0.6) is 0 Å². The minimum atomic E-state index is -0.785. The molecular formula is C20H15N5O. The van der Waals surface area contributed by atoms with Gasteiger partial charge in [-0.1, -0.05) is 42.5 Å². The Labute approximate surface area is 148 Å². The lowest BCUT2D eigenvalue weighted by Gasteiger charge is -2.16. The van der Waals surface area contributed by atoms with Crippen LogP contribution in [-0.4, -0.2) is 37.1 Å². The fourth-order valence-electron chi connectivity index (χ4n) is 3.36. The van der Waals surface area contributed by atoms with Gasteiger partial charge in [0, 0.05) is 10.9 Å². The Morgan fingerprint density at radius 1 is 1.04 bits per heavy atom.